The zero-order valence-electron chi connectivity index (χ0n) is 11.1. The molecule has 1 fully saturated rings. The minimum Gasteiger partial charge on any atom is -0.462 e. The lowest BCUT2D eigenvalue weighted by Crippen LogP contribution is -2.32. The van der Waals surface area contributed by atoms with Crippen LogP contribution in [0.2, 0.25) is 0 Å². The quantitative estimate of drug-likeness (QED) is 0.680. The van der Waals surface area contributed by atoms with Gasteiger partial charge in [-0.3, -0.25) is 0 Å². The molecule has 0 radical (unpaired) electrons. The normalized spacial score (nSPS) is 15.6. The van der Waals surface area contributed by atoms with Crippen LogP contribution in [-0.4, -0.2) is 43.4 Å². The van der Waals surface area contributed by atoms with Crippen LogP contribution in [0.25, 0.3) is 0 Å². The molecular formula is C12H18N2O2S3. The second kappa shape index (κ2) is 6.76. The number of nitrogens with two attached hydrogens (primary N) is 1. The molecule has 4 nitrogen and oxygen atoms in total. The van der Waals surface area contributed by atoms with Crippen LogP contribution < -0.4 is 10.6 Å². The van der Waals surface area contributed by atoms with Crippen LogP contribution in [0, 0.1) is 0 Å². The average molecular weight is 318 g/mol. The van der Waals surface area contributed by atoms with Crippen LogP contribution in [-0.2, 0) is 4.74 Å². The van der Waals surface area contributed by atoms with Crippen molar-refractivity contribution < 1.29 is 9.53 Å². The first-order valence-electron chi connectivity index (χ1n) is 6.15. The Kier molecular flexibility index (Phi) is 5.29. The first-order chi connectivity index (χ1) is 9.19. The van der Waals surface area contributed by atoms with E-state index in [0.29, 0.717) is 17.2 Å². The summed E-state index contributed by atoms with van der Waals surface area (Å²) in [5.74, 6) is 1.94. The number of hydrogen-bond acceptors (Lipinski definition) is 7. The summed E-state index contributed by atoms with van der Waals surface area (Å²) < 4.78 is 5.07. The van der Waals surface area contributed by atoms with E-state index >= 15 is 0 Å². The molecule has 0 aromatic carbocycles. The predicted octanol–water partition coefficient (Wildman–Crippen LogP) is 2.78. The van der Waals surface area contributed by atoms with Crippen molar-refractivity contribution in [1.29, 1.82) is 0 Å². The number of hydrogen-bond donors (Lipinski definition) is 1. The smallest absolute Gasteiger partial charge is 0.350 e. The molecule has 1 aliphatic heterocycles. The van der Waals surface area contributed by atoms with Crippen molar-refractivity contribution in [3.63, 3.8) is 0 Å². The lowest BCUT2D eigenvalue weighted by molar-refractivity contribution is 0.0533. The highest BCUT2D eigenvalue weighted by Gasteiger charge is 2.25. The van der Waals surface area contributed by atoms with Crippen LogP contribution in [0.15, 0.2) is 4.90 Å². The monoisotopic (exact) mass is 318 g/mol. The second-order valence-electron chi connectivity index (χ2n) is 4.00. The van der Waals surface area contributed by atoms with E-state index in [2.05, 4.69) is 4.90 Å². The highest BCUT2D eigenvalue weighted by molar-refractivity contribution is 7.99. The molecule has 19 heavy (non-hydrogen) atoms. The van der Waals surface area contributed by atoms with Crippen molar-refractivity contribution >= 4 is 51.5 Å². The van der Waals surface area contributed by atoms with E-state index < -0.39 is 0 Å². The Balaban J connectivity index is 2.32. The van der Waals surface area contributed by atoms with E-state index in [4.69, 9.17) is 10.5 Å². The number of esters is 1. The van der Waals surface area contributed by atoms with Crippen molar-refractivity contribution in [3.05, 3.63) is 4.88 Å². The molecule has 2 heterocycles. The van der Waals surface area contributed by atoms with Gasteiger partial charge >= 0.3 is 5.97 Å². The first-order valence-corrected chi connectivity index (χ1v) is 9.34. The largest absolute Gasteiger partial charge is 0.462 e. The Labute approximate surface area is 126 Å². The molecule has 0 spiro atoms. The molecule has 0 atom stereocenters. The van der Waals surface area contributed by atoms with Crippen molar-refractivity contribution in [3.8, 4) is 0 Å². The van der Waals surface area contributed by atoms with Gasteiger partial charge in [-0.2, -0.15) is 11.8 Å². The van der Waals surface area contributed by atoms with E-state index in [1.165, 1.54) is 11.3 Å². The van der Waals surface area contributed by atoms with Gasteiger partial charge in [0.15, 0.2) is 0 Å². The van der Waals surface area contributed by atoms with E-state index in [-0.39, 0.29) is 5.97 Å². The van der Waals surface area contributed by atoms with Gasteiger partial charge in [0.2, 0.25) is 0 Å². The predicted molar refractivity (Wildman–Crippen MR) is 86.0 cm³/mol. The topological polar surface area (TPSA) is 55.6 Å². The fourth-order valence-electron chi connectivity index (χ4n) is 1.94. The third kappa shape index (κ3) is 3.14. The van der Waals surface area contributed by atoms with E-state index in [9.17, 15) is 4.79 Å². The Hall–Kier alpha value is -0.530. The Bertz CT molecular complexity index is 456. The summed E-state index contributed by atoms with van der Waals surface area (Å²) in [7, 11) is 0. The van der Waals surface area contributed by atoms with Gasteiger partial charge in [0.25, 0.3) is 0 Å². The number of anilines is 2. The summed E-state index contributed by atoms with van der Waals surface area (Å²) in [5, 5.41) is 1.12. The zero-order valence-corrected chi connectivity index (χ0v) is 13.6. The molecule has 0 unspecified atom stereocenters. The van der Waals surface area contributed by atoms with Crippen LogP contribution in [0.3, 0.4) is 0 Å². The maximum Gasteiger partial charge on any atom is 0.350 e. The van der Waals surface area contributed by atoms with Gasteiger partial charge in [0.05, 0.1) is 17.2 Å². The molecule has 0 aliphatic carbocycles. The second-order valence-corrected chi connectivity index (χ2v) is 7.04. The molecular weight excluding hydrogens is 300 g/mol. The van der Waals surface area contributed by atoms with Crippen molar-refractivity contribution in [2.75, 3.05) is 48.1 Å². The number of nitrogens with zero attached hydrogens (tertiary/aromatic N) is 1. The highest BCUT2D eigenvalue weighted by atomic mass is 32.2. The van der Waals surface area contributed by atoms with Crippen LogP contribution in [0.4, 0.5) is 10.7 Å². The molecule has 2 N–H and O–H groups in total. The standard InChI is InChI=1S/C12H18N2O2S3/c1-3-16-12(15)10-8(13)9(17-2)11(19-10)14-4-6-18-7-5-14/h3-7,13H2,1-2H3. The van der Waals surface area contributed by atoms with Gasteiger partial charge in [-0.25, -0.2) is 4.79 Å². The molecule has 106 valence electrons. The van der Waals surface area contributed by atoms with Gasteiger partial charge < -0.3 is 15.4 Å². The lowest BCUT2D eigenvalue weighted by Gasteiger charge is -2.27. The molecule has 0 bridgehead atoms. The van der Waals surface area contributed by atoms with E-state index in [1.54, 1.807) is 18.7 Å². The number of carbonyl (C=O) groups excluding carboxylic acids is 1. The fourth-order valence-corrected chi connectivity index (χ4v) is 4.97. The van der Waals surface area contributed by atoms with Gasteiger partial charge in [-0.1, -0.05) is 0 Å². The van der Waals surface area contributed by atoms with Gasteiger partial charge in [0.1, 0.15) is 9.88 Å². The summed E-state index contributed by atoms with van der Waals surface area (Å²) in [5.41, 5.74) is 6.68. The van der Waals surface area contributed by atoms with Gasteiger partial charge in [0, 0.05) is 24.6 Å². The Morgan fingerprint density at radius 1 is 1.47 bits per heavy atom. The number of thiophene rings is 1. The van der Waals surface area contributed by atoms with Crippen LogP contribution in [0.1, 0.15) is 16.6 Å². The van der Waals surface area contributed by atoms with E-state index in [0.717, 1.165) is 34.5 Å². The summed E-state index contributed by atoms with van der Waals surface area (Å²) in [6.45, 7) is 4.21. The number of nitrogen functional groups attached to an aromatic ring is 1. The molecule has 1 saturated heterocycles. The molecule has 0 saturated carbocycles. The molecule has 7 heteroatoms. The Morgan fingerprint density at radius 2 is 2.16 bits per heavy atom. The molecule has 1 aromatic heterocycles. The Morgan fingerprint density at radius 3 is 2.74 bits per heavy atom. The highest BCUT2D eigenvalue weighted by Crippen LogP contribution is 2.44. The molecule has 1 aliphatic rings. The summed E-state index contributed by atoms with van der Waals surface area (Å²) in [6, 6.07) is 0. The number of thioether (sulfide) groups is 2. The third-order valence-electron chi connectivity index (χ3n) is 2.85. The zero-order chi connectivity index (χ0) is 13.8. The fraction of sp³-hybridized carbons (Fsp3) is 0.583. The number of carbonyl (C=O) groups is 1. The van der Waals surface area contributed by atoms with Crippen molar-refractivity contribution in [2.24, 2.45) is 0 Å². The molecule has 0 amide bonds. The van der Waals surface area contributed by atoms with Crippen molar-refractivity contribution in [1.82, 2.24) is 0 Å². The molecule has 2 rings (SSSR count). The minimum atomic E-state index is -0.307. The van der Waals surface area contributed by atoms with Gasteiger partial charge in [-0.15, -0.1) is 23.1 Å². The summed E-state index contributed by atoms with van der Waals surface area (Å²) in [4.78, 5) is 15.8. The number of ether oxygens (including phenoxy) is 1. The summed E-state index contributed by atoms with van der Waals surface area (Å²) in [6.07, 6.45) is 2.00. The van der Waals surface area contributed by atoms with Crippen LogP contribution in [0.5, 0.6) is 0 Å². The number of rotatable bonds is 4. The van der Waals surface area contributed by atoms with Gasteiger partial charge in [-0.05, 0) is 13.2 Å². The van der Waals surface area contributed by atoms with Crippen molar-refractivity contribution in [2.45, 2.75) is 11.8 Å². The van der Waals surface area contributed by atoms with Crippen LogP contribution >= 0.6 is 34.9 Å². The lowest BCUT2D eigenvalue weighted by atomic mass is 10.3. The van der Waals surface area contributed by atoms with E-state index in [1.807, 2.05) is 18.0 Å². The molecule has 1 aromatic rings. The first kappa shape index (κ1) is 14.9. The SMILES string of the molecule is CCOC(=O)c1sc(N2CCSCC2)c(SC)c1N. The average Bonchev–Trinajstić information content (AvgIpc) is 2.77. The maximum absolute atomic E-state index is 11.9. The summed E-state index contributed by atoms with van der Waals surface area (Å²) >= 11 is 5.03. The third-order valence-corrected chi connectivity index (χ3v) is 5.99. The maximum atomic E-state index is 11.9. The minimum absolute atomic E-state index is 0.307.